The van der Waals surface area contributed by atoms with Gasteiger partial charge in [0.05, 0.1) is 27.4 Å². The number of amides is 1. The minimum atomic E-state index is -0.206. The van der Waals surface area contributed by atoms with E-state index in [1.165, 1.54) is 0 Å². The number of methoxy groups -OCH3 is 3. The standard InChI is InChI=1S/C23H29NO5/c1-5-8-23(25)24-12-11-16-13-21(27-3)22(28-4)14-17(16)18(24)15-29-20-10-7-6-9-19(20)26-2/h6-7,9-10,13-14,18H,5,8,11-12,15H2,1-4H3/t18-/m0/s1. The second-order valence-corrected chi connectivity index (χ2v) is 6.97. The first-order chi connectivity index (χ1) is 14.1. The van der Waals surface area contributed by atoms with Gasteiger partial charge in [-0.15, -0.1) is 0 Å². The summed E-state index contributed by atoms with van der Waals surface area (Å²) in [5, 5.41) is 0. The summed E-state index contributed by atoms with van der Waals surface area (Å²) in [5.41, 5.74) is 2.19. The molecule has 0 aliphatic carbocycles. The van der Waals surface area contributed by atoms with Gasteiger partial charge in [-0.05, 0) is 48.2 Å². The average molecular weight is 399 g/mol. The highest BCUT2D eigenvalue weighted by molar-refractivity contribution is 5.77. The maximum absolute atomic E-state index is 12.8. The van der Waals surface area contributed by atoms with E-state index in [1.807, 2.05) is 48.2 Å². The molecule has 29 heavy (non-hydrogen) atoms. The van der Waals surface area contributed by atoms with Crippen molar-refractivity contribution in [2.75, 3.05) is 34.5 Å². The fourth-order valence-corrected chi connectivity index (χ4v) is 3.77. The van der Waals surface area contributed by atoms with E-state index in [2.05, 4.69) is 0 Å². The average Bonchev–Trinajstić information content (AvgIpc) is 2.76. The van der Waals surface area contributed by atoms with Crippen molar-refractivity contribution in [2.45, 2.75) is 32.2 Å². The molecular formula is C23H29NO5. The third-order valence-electron chi connectivity index (χ3n) is 5.25. The van der Waals surface area contributed by atoms with E-state index >= 15 is 0 Å². The summed E-state index contributed by atoms with van der Waals surface area (Å²) in [6, 6.07) is 11.3. The molecule has 1 heterocycles. The van der Waals surface area contributed by atoms with Crippen LogP contribution in [0.4, 0.5) is 0 Å². The maximum Gasteiger partial charge on any atom is 0.223 e. The van der Waals surface area contributed by atoms with Crippen LogP contribution in [0, 0.1) is 0 Å². The summed E-state index contributed by atoms with van der Waals surface area (Å²) >= 11 is 0. The minimum Gasteiger partial charge on any atom is -0.493 e. The highest BCUT2D eigenvalue weighted by atomic mass is 16.5. The fourth-order valence-electron chi connectivity index (χ4n) is 3.77. The maximum atomic E-state index is 12.8. The molecule has 2 aromatic rings. The molecule has 2 aromatic carbocycles. The molecule has 1 amide bonds. The largest absolute Gasteiger partial charge is 0.493 e. The lowest BCUT2D eigenvalue weighted by Gasteiger charge is -2.37. The number of ether oxygens (including phenoxy) is 4. The van der Waals surface area contributed by atoms with Crippen molar-refractivity contribution in [2.24, 2.45) is 0 Å². The van der Waals surface area contributed by atoms with Gasteiger partial charge >= 0.3 is 0 Å². The molecule has 1 aliphatic rings. The lowest BCUT2D eigenvalue weighted by molar-refractivity contribution is -0.135. The molecule has 6 heteroatoms. The van der Waals surface area contributed by atoms with Gasteiger partial charge in [-0.25, -0.2) is 0 Å². The number of nitrogens with zero attached hydrogens (tertiary/aromatic N) is 1. The predicted molar refractivity (Wildman–Crippen MR) is 111 cm³/mol. The number of hydrogen-bond donors (Lipinski definition) is 0. The quantitative estimate of drug-likeness (QED) is 0.671. The van der Waals surface area contributed by atoms with Gasteiger partial charge in [0.15, 0.2) is 23.0 Å². The Balaban J connectivity index is 1.95. The van der Waals surface area contributed by atoms with Crippen LogP contribution in [0.25, 0.3) is 0 Å². The van der Waals surface area contributed by atoms with Gasteiger partial charge in [-0.2, -0.15) is 0 Å². The van der Waals surface area contributed by atoms with Gasteiger partial charge in [0, 0.05) is 13.0 Å². The summed E-state index contributed by atoms with van der Waals surface area (Å²) < 4.78 is 22.5. The van der Waals surface area contributed by atoms with Crippen LogP contribution in [0.2, 0.25) is 0 Å². The lowest BCUT2D eigenvalue weighted by atomic mass is 9.91. The molecule has 6 nitrogen and oxygen atoms in total. The number of carbonyl (C=O) groups is 1. The smallest absolute Gasteiger partial charge is 0.223 e. The summed E-state index contributed by atoms with van der Waals surface area (Å²) in [7, 11) is 4.87. The van der Waals surface area contributed by atoms with E-state index < -0.39 is 0 Å². The molecule has 1 atom stereocenters. The second kappa shape index (κ2) is 9.54. The molecule has 0 unspecified atom stereocenters. The zero-order valence-electron chi connectivity index (χ0n) is 17.6. The number of hydrogen-bond acceptors (Lipinski definition) is 5. The van der Waals surface area contributed by atoms with E-state index in [0.29, 0.717) is 42.6 Å². The summed E-state index contributed by atoms with van der Waals surface area (Å²) in [5.74, 6) is 2.82. The van der Waals surface area contributed by atoms with Gasteiger partial charge in [-0.1, -0.05) is 19.1 Å². The molecule has 0 N–H and O–H groups in total. The first-order valence-corrected chi connectivity index (χ1v) is 9.93. The molecular weight excluding hydrogens is 370 g/mol. The molecule has 0 saturated heterocycles. The normalized spacial score (nSPS) is 15.4. The van der Waals surface area contributed by atoms with Crippen molar-refractivity contribution in [1.82, 2.24) is 4.90 Å². The van der Waals surface area contributed by atoms with Crippen molar-refractivity contribution >= 4 is 5.91 Å². The molecule has 0 spiro atoms. The number of benzene rings is 2. The van der Waals surface area contributed by atoms with Crippen LogP contribution in [-0.2, 0) is 11.2 Å². The Kier molecular flexibility index (Phi) is 6.86. The van der Waals surface area contributed by atoms with Crippen molar-refractivity contribution in [1.29, 1.82) is 0 Å². The third-order valence-corrected chi connectivity index (χ3v) is 5.25. The van der Waals surface area contributed by atoms with E-state index in [1.54, 1.807) is 21.3 Å². The van der Waals surface area contributed by atoms with Crippen molar-refractivity contribution in [3.8, 4) is 23.0 Å². The molecule has 1 aliphatic heterocycles. The minimum absolute atomic E-state index is 0.140. The van der Waals surface area contributed by atoms with Crippen LogP contribution in [-0.4, -0.2) is 45.3 Å². The van der Waals surface area contributed by atoms with Crippen LogP contribution in [0.3, 0.4) is 0 Å². The van der Waals surface area contributed by atoms with Crippen LogP contribution in [0.5, 0.6) is 23.0 Å². The molecule has 156 valence electrons. The predicted octanol–water partition coefficient (Wildman–Crippen LogP) is 4.02. The molecule has 0 saturated carbocycles. The number of fused-ring (bicyclic) bond motifs is 1. The Labute approximate surface area is 172 Å². The zero-order chi connectivity index (χ0) is 20.8. The monoisotopic (exact) mass is 399 g/mol. The SMILES string of the molecule is CCCC(=O)N1CCc2cc(OC)c(OC)cc2[C@@H]1COc1ccccc1OC. The van der Waals surface area contributed by atoms with Crippen molar-refractivity contribution < 1.29 is 23.7 Å². The fraction of sp³-hybridized carbons (Fsp3) is 0.435. The van der Waals surface area contributed by atoms with Gasteiger partial charge in [-0.3, -0.25) is 4.79 Å². The van der Waals surface area contributed by atoms with E-state index in [0.717, 1.165) is 24.0 Å². The third kappa shape index (κ3) is 4.42. The van der Waals surface area contributed by atoms with Gasteiger partial charge < -0.3 is 23.8 Å². The summed E-state index contributed by atoms with van der Waals surface area (Å²) in [6.07, 6.45) is 2.11. The van der Waals surface area contributed by atoms with E-state index in [-0.39, 0.29) is 11.9 Å². The van der Waals surface area contributed by atoms with E-state index in [4.69, 9.17) is 18.9 Å². The summed E-state index contributed by atoms with van der Waals surface area (Å²) in [6.45, 7) is 3.00. The summed E-state index contributed by atoms with van der Waals surface area (Å²) in [4.78, 5) is 14.7. The Morgan fingerprint density at radius 1 is 1.00 bits per heavy atom. The Morgan fingerprint density at radius 3 is 2.31 bits per heavy atom. The van der Waals surface area contributed by atoms with Crippen LogP contribution >= 0.6 is 0 Å². The van der Waals surface area contributed by atoms with Crippen LogP contribution in [0.15, 0.2) is 36.4 Å². The highest BCUT2D eigenvalue weighted by Gasteiger charge is 2.32. The second-order valence-electron chi connectivity index (χ2n) is 6.97. The van der Waals surface area contributed by atoms with Crippen molar-refractivity contribution in [3.05, 3.63) is 47.5 Å². The molecule has 0 bridgehead atoms. The van der Waals surface area contributed by atoms with E-state index in [9.17, 15) is 4.79 Å². The van der Waals surface area contributed by atoms with Gasteiger partial charge in [0.2, 0.25) is 5.91 Å². The Hall–Kier alpha value is -2.89. The zero-order valence-corrected chi connectivity index (χ0v) is 17.6. The van der Waals surface area contributed by atoms with Crippen LogP contribution < -0.4 is 18.9 Å². The topological polar surface area (TPSA) is 57.2 Å². The first-order valence-electron chi connectivity index (χ1n) is 9.93. The number of rotatable bonds is 8. The van der Waals surface area contributed by atoms with Crippen molar-refractivity contribution in [3.63, 3.8) is 0 Å². The Morgan fingerprint density at radius 2 is 1.66 bits per heavy atom. The molecule has 0 radical (unpaired) electrons. The first kappa shape index (κ1) is 20.8. The van der Waals surface area contributed by atoms with Crippen LogP contribution in [0.1, 0.15) is 36.9 Å². The molecule has 3 rings (SSSR count). The molecule has 0 aromatic heterocycles. The Bertz CT molecular complexity index is 851. The number of para-hydroxylation sites is 2. The van der Waals surface area contributed by atoms with Gasteiger partial charge in [0.1, 0.15) is 6.61 Å². The number of carbonyl (C=O) groups excluding carboxylic acids is 1. The lowest BCUT2D eigenvalue weighted by Crippen LogP contribution is -2.42. The highest BCUT2D eigenvalue weighted by Crippen LogP contribution is 2.39. The molecule has 0 fully saturated rings. The van der Waals surface area contributed by atoms with Gasteiger partial charge in [0.25, 0.3) is 0 Å².